The van der Waals surface area contributed by atoms with E-state index in [2.05, 4.69) is 5.32 Å². The number of likely N-dealkylation sites (N-methyl/N-ethyl adjacent to an activating group) is 1. The van der Waals surface area contributed by atoms with Crippen LogP contribution in [0.5, 0.6) is 0 Å². The Morgan fingerprint density at radius 1 is 1.35 bits per heavy atom. The predicted molar refractivity (Wildman–Crippen MR) is 60.9 cm³/mol. The van der Waals surface area contributed by atoms with Crippen LogP contribution in [0.2, 0.25) is 0 Å². The van der Waals surface area contributed by atoms with E-state index in [1.54, 1.807) is 7.05 Å². The van der Waals surface area contributed by atoms with E-state index in [1.165, 1.54) is 0 Å². The summed E-state index contributed by atoms with van der Waals surface area (Å²) in [7, 11) is 1.80. The number of hydrogen-bond acceptors (Lipinski definition) is 2. The minimum absolute atomic E-state index is 0.0461. The van der Waals surface area contributed by atoms with Gasteiger partial charge in [-0.15, -0.1) is 0 Å². The van der Waals surface area contributed by atoms with Crippen LogP contribution in [0.3, 0.4) is 0 Å². The van der Waals surface area contributed by atoms with Gasteiger partial charge in [-0.1, -0.05) is 0 Å². The number of alkyl halides is 3. The topological polar surface area (TPSA) is 21.3 Å². The van der Waals surface area contributed by atoms with Gasteiger partial charge in [0, 0.05) is 19.1 Å². The number of hydrogen-bond donors (Lipinski definition) is 1. The first-order valence-electron chi connectivity index (χ1n) is 6.33. The second kappa shape index (κ2) is 6.59. The summed E-state index contributed by atoms with van der Waals surface area (Å²) in [4.78, 5) is 0. The van der Waals surface area contributed by atoms with Gasteiger partial charge >= 0.3 is 6.18 Å². The van der Waals surface area contributed by atoms with Crippen molar-refractivity contribution in [2.75, 3.05) is 13.7 Å². The largest absolute Gasteiger partial charge is 0.389 e. The van der Waals surface area contributed by atoms with Gasteiger partial charge in [-0.2, -0.15) is 13.2 Å². The molecule has 1 aliphatic rings. The third-order valence-electron chi connectivity index (χ3n) is 3.19. The molecule has 2 nitrogen and oxygen atoms in total. The third kappa shape index (κ3) is 5.73. The maximum Gasteiger partial charge on any atom is 0.389 e. The zero-order valence-corrected chi connectivity index (χ0v) is 10.5. The molecule has 0 saturated heterocycles. The fourth-order valence-electron chi connectivity index (χ4n) is 2.19. The van der Waals surface area contributed by atoms with Crippen molar-refractivity contribution in [3.8, 4) is 0 Å². The Bertz CT molecular complexity index is 216. The molecule has 102 valence electrons. The summed E-state index contributed by atoms with van der Waals surface area (Å²) in [5, 5.41) is 3.10. The Balaban J connectivity index is 2.34. The first-order chi connectivity index (χ1) is 7.98. The molecule has 0 amide bonds. The van der Waals surface area contributed by atoms with Crippen LogP contribution in [0.25, 0.3) is 0 Å². The second-order valence-electron chi connectivity index (χ2n) is 4.66. The Hall–Kier alpha value is -0.290. The first kappa shape index (κ1) is 14.8. The number of nitrogens with one attached hydrogen (secondary N) is 1. The molecule has 5 heteroatoms. The summed E-state index contributed by atoms with van der Waals surface area (Å²) in [6.45, 7) is 2.55. The molecule has 0 heterocycles. The van der Waals surface area contributed by atoms with Crippen LogP contribution in [0.4, 0.5) is 13.2 Å². The molecule has 2 unspecified atom stereocenters. The fraction of sp³-hybridized carbons (Fsp3) is 1.00. The first-order valence-corrected chi connectivity index (χ1v) is 6.33. The molecule has 1 saturated carbocycles. The quantitative estimate of drug-likeness (QED) is 0.717. The Kier molecular flexibility index (Phi) is 5.73. The van der Waals surface area contributed by atoms with Crippen molar-refractivity contribution < 1.29 is 17.9 Å². The Labute approximate surface area is 101 Å². The molecule has 0 radical (unpaired) electrons. The number of halogens is 3. The highest BCUT2D eigenvalue weighted by atomic mass is 19.4. The van der Waals surface area contributed by atoms with Crippen molar-refractivity contribution in [3.05, 3.63) is 0 Å². The molecule has 0 aliphatic heterocycles. The summed E-state index contributed by atoms with van der Waals surface area (Å²) in [6.07, 6.45) is -1.68. The highest BCUT2D eigenvalue weighted by Crippen LogP contribution is 2.37. The van der Waals surface area contributed by atoms with Crippen molar-refractivity contribution in [2.45, 2.75) is 57.3 Å². The van der Waals surface area contributed by atoms with E-state index in [4.69, 9.17) is 4.74 Å². The monoisotopic (exact) mass is 253 g/mol. The van der Waals surface area contributed by atoms with Crippen LogP contribution in [0.1, 0.15) is 39.0 Å². The van der Waals surface area contributed by atoms with Gasteiger partial charge in [0.15, 0.2) is 0 Å². The molecule has 0 aromatic rings. The highest BCUT2D eigenvalue weighted by molar-refractivity contribution is 4.89. The van der Waals surface area contributed by atoms with Crippen molar-refractivity contribution in [1.82, 2.24) is 5.32 Å². The van der Waals surface area contributed by atoms with Gasteiger partial charge in [-0.05, 0) is 45.6 Å². The van der Waals surface area contributed by atoms with Crippen molar-refractivity contribution in [2.24, 2.45) is 5.92 Å². The maximum atomic E-state index is 12.1. The van der Waals surface area contributed by atoms with Gasteiger partial charge in [0.25, 0.3) is 0 Å². The van der Waals surface area contributed by atoms with E-state index >= 15 is 0 Å². The van der Waals surface area contributed by atoms with Crippen LogP contribution in [-0.2, 0) is 4.74 Å². The average Bonchev–Trinajstić information content (AvgIpc) is 3.04. The molecular formula is C12H22F3NO. The molecule has 0 aromatic heterocycles. The molecule has 2 atom stereocenters. The molecular weight excluding hydrogens is 231 g/mol. The van der Waals surface area contributed by atoms with Gasteiger partial charge in [0.05, 0.1) is 6.10 Å². The summed E-state index contributed by atoms with van der Waals surface area (Å²) >= 11 is 0. The van der Waals surface area contributed by atoms with Gasteiger partial charge in [0.1, 0.15) is 0 Å². The van der Waals surface area contributed by atoms with Crippen LogP contribution < -0.4 is 5.32 Å². The number of ether oxygens (including phenoxy) is 1. The lowest BCUT2D eigenvalue weighted by Crippen LogP contribution is -2.41. The minimum atomic E-state index is -4.04. The maximum absolute atomic E-state index is 12.1. The summed E-state index contributed by atoms with van der Waals surface area (Å²) in [5.41, 5.74) is 0. The molecule has 1 rings (SSSR count). The van der Waals surface area contributed by atoms with E-state index < -0.39 is 12.6 Å². The van der Waals surface area contributed by atoms with E-state index in [9.17, 15) is 13.2 Å². The van der Waals surface area contributed by atoms with Crippen LogP contribution in [0, 0.1) is 5.92 Å². The third-order valence-corrected chi connectivity index (χ3v) is 3.19. The Morgan fingerprint density at radius 2 is 2.00 bits per heavy atom. The average molecular weight is 253 g/mol. The molecule has 0 spiro atoms. The van der Waals surface area contributed by atoms with Crippen LogP contribution in [-0.4, -0.2) is 32.0 Å². The molecule has 1 aliphatic carbocycles. The molecule has 0 bridgehead atoms. The zero-order valence-electron chi connectivity index (χ0n) is 10.5. The Morgan fingerprint density at radius 3 is 2.41 bits per heavy atom. The van der Waals surface area contributed by atoms with Gasteiger partial charge < -0.3 is 10.1 Å². The molecule has 0 aromatic carbocycles. The van der Waals surface area contributed by atoms with Crippen molar-refractivity contribution >= 4 is 0 Å². The molecule has 17 heavy (non-hydrogen) atoms. The van der Waals surface area contributed by atoms with Gasteiger partial charge in [0.2, 0.25) is 0 Å². The predicted octanol–water partition coefficient (Wildman–Crippen LogP) is 3.12. The zero-order chi connectivity index (χ0) is 12.9. The van der Waals surface area contributed by atoms with E-state index in [1.807, 2.05) is 6.92 Å². The fourth-order valence-corrected chi connectivity index (χ4v) is 2.19. The van der Waals surface area contributed by atoms with Crippen molar-refractivity contribution in [1.29, 1.82) is 0 Å². The van der Waals surface area contributed by atoms with Crippen LogP contribution >= 0.6 is 0 Å². The second-order valence-corrected chi connectivity index (χ2v) is 4.66. The molecule has 1 N–H and O–H groups in total. The lowest BCUT2D eigenvalue weighted by atomic mass is 10.0. The number of rotatable bonds is 8. The standard InChI is InChI=1S/C12H22F3NO/c1-3-17-11(9-6-7-9)10(16-2)5-4-8-12(13,14)15/h9-11,16H,3-8H2,1-2H3. The summed E-state index contributed by atoms with van der Waals surface area (Å²) in [5.74, 6) is 0.540. The summed E-state index contributed by atoms with van der Waals surface area (Å²) < 4.78 is 41.9. The van der Waals surface area contributed by atoms with E-state index in [-0.39, 0.29) is 18.6 Å². The minimum Gasteiger partial charge on any atom is -0.377 e. The van der Waals surface area contributed by atoms with E-state index in [0.717, 1.165) is 12.8 Å². The lowest BCUT2D eigenvalue weighted by Gasteiger charge is -2.27. The van der Waals surface area contributed by atoms with E-state index in [0.29, 0.717) is 18.9 Å². The van der Waals surface area contributed by atoms with Gasteiger partial charge in [-0.3, -0.25) is 0 Å². The SMILES string of the molecule is CCOC(C1CC1)C(CCCC(F)(F)F)NC. The lowest BCUT2D eigenvalue weighted by molar-refractivity contribution is -0.136. The highest BCUT2D eigenvalue weighted by Gasteiger charge is 2.37. The van der Waals surface area contributed by atoms with Gasteiger partial charge in [-0.25, -0.2) is 0 Å². The van der Waals surface area contributed by atoms with Crippen LogP contribution in [0.15, 0.2) is 0 Å². The smallest absolute Gasteiger partial charge is 0.377 e. The molecule has 1 fully saturated rings. The van der Waals surface area contributed by atoms with Crippen molar-refractivity contribution in [3.63, 3.8) is 0 Å². The summed E-state index contributed by atoms with van der Waals surface area (Å²) in [6, 6.07) is 0.0461. The normalized spacial score (nSPS) is 20.3.